The molecule has 2 aromatic rings. The number of nitrogens with zero attached hydrogens (tertiary/aromatic N) is 2. The highest BCUT2D eigenvalue weighted by Gasteiger charge is 2.40. The average Bonchev–Trinajstić information content (AvgIpc) is 3.34. The molecule has 0 radical (unpaired) electrons. The number of carbonyl (C=O) groups excluding carboxylic acids is 2. The Kier molecular flexibility index (Phi) is 5.64. The molecule has 0 saturated carbocycles. The van der Waals surface area contributed by atoms with Crippen molar-refractivity contribution in [3.8, 4) is 5.75 Å². The van der Waals surface area contributed by atoms with Crippen molar-refractivity contribution >= 4 is 45.2 Å². The monoisotopic (exact) mass is 460 g/mol. The van der Waals surface area contributed by atoms with Gasteiger partial charge in [0.1, 0.15) is 11.1 Å². The Labute approximate surface area is 177 Å². The Balaban J connectivity index is 1.49. The van der Waals surface area contributed by atoms with E-state index in [9.17, 15) is 9.59 Å². The lowest BCUT2D eigenvalue weighted by Crippen LogP contribution is -2.37. The van der Waals surface area contributed by atoms with Crippen LogP contribution in [0, 0.1) is 5.92 Å². The van der Waals surface area contributed by atoms with E-state index in [0.717, 1.165) is 27.2 Å². The SMILES string of the molecule is COc1ccc(C2SCCN2C(=O)C2CC(=O)N(c3cccc(Br)c3)C2)cc1. The topological polar surface area (TPSA) is 49.9 Å². The lowest BCUT2D eigenvalue weighted by Gasteiger charge is -2.27. The second kappa shape index (κ2) is 8.17. The quantitative estimate of drug-likeness (QED) is 0.689. The van der Waals surface area contributed by atoms with E-state index in [1.807, 2.05) is 53.4 Å². The highest BCUT2D eigenvalue weighted by Crippen LogP contribution is 2.40. The number of methoxy groups -OCH3 is 1. The molecule has 2 fully saturated rings. The number of ether oxygens (including phenoxy) is 1. The van der Waals surface area contributed by atoms with Crippen molar-refractivity contribution in [2.24, 2.45) is 5.92 Å². The summed E-state index contributed by atoms with van der Waals surface area (Å²) >= 11 is 5.21. The molecular weight excluding hydrogens is 440 g/mol. The predicted octanol–water partition coefficient (Wildman–Crippen LogP) is 4.08. The third kappa shape index (κ3) is 3.78. The molecule has 0 aromatic heterocycles. The van der Waals surface area contributed by atoms with Gasteiger partial charge in [0.15, 0.2) is 0 Å². The van der Waals surface area contributed by atoms with Gasteiger partial charge in [0, 0.05) is 35.4 Å². The number of amides is 2. The van der Waals surface area contributed by atoms with Crippen LogP contribution < -0.4 is 9.64 Å². The Hall–Kier alpha value is -1.99. The normalized spacial score (nSPS) is 22.0. The van der Waals surface area contributed by atoms with E-state index in [0.29, 0.717) is 13.1 Å². The van der Waals surface area contributed by atoms with E-state index in [2.05, 4.69) is 15.9 Å². The number of benzene rings is 2. The van der Waals surface area contributed by atoms with Crippen molar-refractivity contribution in [1.29, 1.82) is 0 Å². The minimum Gasteiger partial charge on any atom is -0.497 e. The van der Waals surface area contributed by atoms with Gasteiger partial charge in [-0.3, -0.25) is 9.59 Å². The van der Waals surface area contributed by atoms with Crippen LogP contribution in [0.3, 0.4) is 0 Å². The predicted molar refractivity (Wildman–Crippen MR) is 115 cm³/mol. The summed E-state index contributed by atoms with van der Waals surface area (Å²) < 4.78 is 6.15. The first-order valence-corrected chi connectivity index (χ1v) is 11.0. The van der Waals surface area contributed by atoms with Gasteiger partial charge in [-0.2, -0.15) is 0 Å². The van der Waals surface area contributed by atoms with Crippen LogP contribution >= 0.6 is 27.7 Å². The zero-order chi connectivity index (χ0) is 19.7. The Bertz CT molecular complexity index is 889. The summed E-state index contributed by atoms with van der Waals surface area (Å²) in [5.41, 5.74) is 1.92. The number of anilines is 1. The van der Waals surface area contributed by atoms with Crippen molar-refractivity contribution < 1.29 is 14.3 Å². The first-order valence-electron chi connectivity index (χ1n) is 9.19. The van der Waals surface area contributed by atoms with Crippen LogP contribution in [0.5, 0.6) is 5.75 Å². The highest BCUT2D eigenvalue weighted by atomic mass is 79.9. The molecule has 28 heavy (non-hydrogen) atoms. The van der Waals surface area contributed by atoms with Crippen LogP contribution in [0.15, 0.2) is 53.0 Å². The van der Waals surface area contributed by atoms with E-state index in [1.54, 1.807) is 23.8 Å². The molecule has 0 spiro atoms. The smallest absolute Gasteiger partial charge is 0.229 e. The highest BCUT2D eigenvalue weighted by molar-refractivity contribution is 9.10. The number of rotatable bonds is 4. The summed E-state index contributed by atoms with van der Waals surface area (Å²) in [4.78, 5) is 29.4. The number of hydrogen-bond donors (Lipinski definition) is 0. The molecule has 2 aliphatic rings. The van der Waals surface area contributed by atoms with Gasteiger partial charge in [-0.1, -0.05) is 34.1 Å². The van der Waals surface area contributed by atoms with Crippen LogP contribution in [0.1, 0.15) is 17.4 Å². The molecule has 0 N–H and O–H groups in total. The molecular formula is C21H21BrN2O3S. The van der Waals surface area contributed by atoms with Crippen LogP contribution in [0.4, 0.5) is 5.69 Å². The minimum atomic E-state index is -0.300. The average molecular weight is 461 g/mol. The molecule has 2 atom stereocenters. The summed E-state index contributed by atoms with van der Waals surface area (Å²) in [5.74, 6) is 1.47. The Morgan fingerprint density at radius 3 is 2.71 bits per heavy atom. The number of carbonyl (C=O) groups is 2. The molecule has 2 aromatic carbocycles. The third-order valence-corrected chi connectivity index (χ3v) is 6.92. The first-order chi connectivity index (χ1) is 13.6. The van der Waals surface area contributed by atoms with Crippen LogP contribution in [0.2, 0.25) is 0 Å². The summed E-state index contributed by atoms with van der Waals surface area (Å²) in [6.07, 6.45) is 0.266. The first kappa shape index (κ1) is 19.3. The van der Waals surface area contributed by atoms with Gasteiger partial charge in [0.2, 0.25) is 11.8 Å². The van der Waals surface area contributed by atoms with Crippen molar-refractivity contribution in [2.75, 3.05) is 30.9 Å². The summed E-state index contributed by atoms with van der Waals surface area (Å²) in [5, 5.41) is -0.00609. The number of hydrogen-bond acceptors (Lipinski definition) is 4. The third-order valence-electron chi connectivity index (χ3n) is 5.17. The largest absolute Gasteiger partial charge is 0.497 e. The molecule has 0 aliphatic carbocycles. The van der Waals surface area contributed by atoms with Gasteiger partial charge in [-0.05, 0) is 35.9 Å². The van der Waals surface area contributed by atoms with E-state index in [1.165, 1.54) is 0 Å². The molecule has 5 nitrogen and oxygen atoms in total. The number of thioether (sulfide) groups is 1. The Morgan fingerprint density at radius 2 is 2.00 bits per heavy atom. The minimum absolute atomic E-state index is 0.00398. The zero-order valence-corrected chi connectivity index (χ0v) is 17.9. The fourth-order valence-electron chi connectivity index (χ4n) is 3.74. The lowest BCUT2D eigenvalue weighted by atomic mass is 10.1. The second-order valence-corrected chi connectivity index (χ2v) is 9.02. The van der Waals surface area contributed by atoms with Gasteiger partial charge in [0.05, 0.1) is 13.0 Å². The van der Waals surface area contributed by atoms with E-state index in [4.69, 9.17) is 4.74 Å². The molecule has 0 bridgehead atoms. The molecule has 2 aliphatic heterocycles. The van der Waals surface area contributed by atoms with Gasteiger partial charge in [-0.15, -0.1) is 11.8 Å². The van der Waals surface area contributed by atoms with E-state index < -0.39 is 0 Å². The fourth-order valence-corrected chi connectivity index (χ4v) is 5.39. The standard InChI is InChI=1S/C21H21BrN2O3S/c1-27-18-7-5-14(6-8-18)21-23(9-10-28-21)20(26)15-11-19(25)24(13-15)17-4-2-3-16(22)12-17/h2-8,12,15,21H,9-11,13H2,1H3. The molecule has 4 rings (SSSR count). The maximum Gasteiger partial charge on any atom is 0.229 e. The van der Waals surface area contributed by atoms with Gasteiger partial charge in [-0.25, -0.2) is 0 Å². The van der Waals surface area contributed by atoms with Crippen LogP contribution in [-0.2, 0) is 9.59 Å². The van der Waals surface area contributed by atoms with Crippen LogP contribution in [-0.4, -0.2) is 42.7 Å². The molecule has 2 saturated heterocycles. The lowest BCUT2D eigenvalue weighted by molar-refractivity contribution is -0.136. The molecule has 2 amide bonds. The zero-order valence-electron chi connectivity index (χ0n) is 15.5. The summed E-state index contributed by atoms with van der Waals surface area (Å²) in [7, 11) is 1.64. The van der Waals surface area contributed by atoms with E-state index >= 15 is 0 Å². The fraction of sp³-hybridized carbons (Fsp3) is 0.333. The van der Waals surface area contributed by atoms with Crippen molar-refractivity contribution in [3.05, 3.63) is 58.6 Å². The molecule has 2 unspecified atom stereocenters. The van der Waals surface area contributed by atoms with Gasteiger partial charge >= 0.3 is 0 Å². The Morgan fingerprint density at radius 1 is 1.21 bits per heavy atom. The van der Waals surface area contributed by atoms with Gasteiger partial charge in [0.25, 0.3) is 0 Å². The van der Waals surface area contributed by atoms with Crippen molar-refractivity contribution in [2.45, 2.75) is 11.8 Å². The van der Waals surface area contributed by atoms with Crippen molar-refractivity contribution in [1.82, 2.24) is 4.90 Å². The second-order valence-electron chi connectivity index (χ2n) is 6.91. The van der Waals surface area contributed by atoms with E-state index in [-0.39, 0.29) is 29.5 Å². The van der Waals surface area contributed by atoms with Crippen LogP contribution in [0.25, 0.3) is 0 Å². The number of halogens is 1. The molecule has 2 heterocycles. The maximum atomic E-state index is 13.2. The van der Waals surface area contributed by atoms with Crippen molar-refractivity contribution in [3.63, 3.8) is 0 Å². The molecule has 146 valence electrons. The molecule has 7 heteroatoms. The van der Waals surface area contributed by atoms with Gasteiger partial charge < -0.3 is 14.5 Å². The maximum absolute atomic E-state index is 13.2. The summed E-state index contributed by atoms with van der Waals surface area (Å²) in [6, 6.07) is 15.5. The summed E-state index contributed by atoms with van der Waals surface area (Å²) in [6.45, 7) is 1.15.